The van der Waals surface area contributed by atoms with Crippen LogP contribution in [0.15, 0.2) is 68.9 Å². The maximum absolute atomic E-state index is 13.2. The Morgan fingerprint density at radius 2 is 1.83 bits per heavy atom. The number of carbonyl (C=O) groups is 1. The van der Waals surface area contributed by atoms with Gasteiger partial charge in [-0.25, -0.2) is 9.98 Å². The fourth-order valence-electron chi connectivity index (χ4n) is 2.22. The lowest BCUT2D eigenvalue weighted by Gasteiger charge is -2.13. The van der Waals surface area contributed by atoms with Crippen LogP contribution < -0.4 is 0 Å². The van der Waals surface area contributed by atoms with Gasteiger partial charge in [0.2, 0.25) is 5.96 Å². The second kappa shape index (κ2) is 15.5. The van der Waals surface area contributed by atoms with Gasteiger partial charge < -0.3 is 4.90 Å². The molecule has 30 heavy (non-hydrogen) atoms. The van der Waals surface area contributed by atoms with Gasteiger partial charge in [-0.1, -0.05) is 44.1 Å². The number of terminal acetylenes is 1. The van der Waals surface area contributed by atoms with Crippen molar-refractivity contribution in [1.29, 1.82) is 5.26 Å². The molecule has 5 heteroatoms. The summed E-state index contributed by atoms with van der Waals surface area (Å²) in [7, 11) is 3.68. The molecule has 0 amide bonds. The zero-order valence-corrected chi connectivity index (χ0v) is 18.9. The molecular formula is C25H32N4O. The predicted molar refractivity (Wildman–Crippen MR) is 127 cm³/mol. The van der Waals surface area contributed by atoms with Gasteiger partial charge in [-0.15, -0.1) is 6.42 Å². The summed E-state index contributed by atoms with van der Waals surface area (Å²) in [6.07, 6.45) is 19.1. The minimum atomic E-state index is -0.156. The number of nitriles is 1. The van der Waals surface area contributed by atoms with Gasteiger partial charge in [0.05, 0.1) is 6.07 Å². The second-order valence-electron chi connectivity index (χ2n) is 6.61. The van der Waals surface area contributed by atoms with Gasteiger partial charge in [-0.05, 0) is 44.4 Å². The van der Waals surface area contributed by atoms with Crippen molar-refractivity contribution >= 4 is 18.0 Å². The van der Waals surface area contributed by atoms with Crippen molar-refractivity contribution in [3.8, 4) is 18.4 Å². The molecule has 5 nitrogen and oxygen atoms in total. The third-order valence-electron chi connectivity index (χ3n) is 3.84. The molecule has 0 bridgehead atoms. The third-order valence-corrected chi connectivity index (χ3v) is 3.84. The van der Waals surface area contributed by atoms with E-state index < -0.39 is 0 Å². The van der Waals surface area contributed by atoms with Crippen molar-refractivity contribution < 1.29 is 4.79 Å². The van der Waals surface area contributed by atoms with Crippen LogP contribution in [0, 0.1) is 23.7 Å². The van der Waals surface area contributed by atoms with Gasteiger partial charge in [0.25, 0.3) is 0 Å². The van der Waals surface area contributed by atoms with Crippen LogP contribution in [0.25, 0.3) is 0 Å². The first-order valence-electron chi connectivity index (χ1n) is 9.90. The number of guanidine groups is 1. The summed E-state index contributed by atoms with van der Waals surface area (Å²) in [5.41, 5.74) is 1.96. The summed E-state index contributed by atoms with van der Waals surface area (Å²) in [5, 5.41) is 9.50. The topological polar surface area (TPSA) is 68.8 Å². The van der Waals surface area contributed by atoms with Gasteiger partial charge in [-0.3, -0.25) is 4.79 Å². The van der Waals surface area contributed by atoms with Crippen LogP contribution in [0.4, 0.5) is 0 Å². The van der Waals surface area contributed by atoms with E-state index in [9.17, 15) is 10.1 Å². The number of hydrogen-bond donors (Lipinski definition) is 0. The summed E-state index contributed by atoms with van der Waals surface area (Å²) in [6.45, 7) is 7.54. The van der Waals surface area contributed by atoms with E-state index >= 15 is 0 Å². The van der Waals surface area contributed by atoms with Crippen molar-refractivity contribution in [2.75, 3.05) is 14.1 Å². The fourth-order valence-corrected chi connectivity index (χ4v) is 2.22. The molecule has 0 heterocycles. The average Bonchev–Trinajstić information content (AvgIpc) is 2.72. The molecule has 0 aromatic carbocycles. The van der Waals surface area contributed by atoms with E-state index in [1.54, 1.807) is 43.2 Å². The Kier molecular flexibility index (Phi) is 13.7. The van der Waals surface area contributed by atoms with E-state index in [4.69, 9.17) is 6.42 Å². The molecule has 158 valence electrons. The number of carbonyl (C=O) groups excluding carboxylic acids is 1. The lowest BCUT2D eigenvalue weighted by atomic mass is 9.96. The quantitative estimate of drug-likeness (QED) is 0.133. The highest BCUT2D eigenvalue weighted by Gasteiger charge is 2.17. The molecule has 0 aromatic heterocycles. The number of nitrogens with zero attached hydrogens (tertiary/aromatic N) is 4. The van der Waals surface area contributed by atoms with Crippen molar-refractivity contribution in [3.63, 3.8) is 0 Å². The average molecular weight is 405 g/mol. The SMILES string of the molecule is C#C/C=C\C=C(\C#N)C\C(C(=O)/C(C)=C/C=C\CC)=C(C)/N=C(\N=C\CC)N(C)C. The number of rotatable bonds is 9. The fraction of sp³-hybridized carbons (Fsp3) is 0.360. The summed E-state index contributed by atoms with van der Waals surface area (Å²) >= 11 is 0. The molecule has 0 fully saturated rings. The van der Waals surface area contributed by atoms with Crippen LogP contribution in [0.2, 0.25) is 0 Å². The molecule has 0 saturated heterocycles. The summed E-state index contributed by atoms with van der Waals surface area (Å²) < 4.78 is 0. The van der Waals surface area contributed by atoms with Crippen molar-refractivity contribution in [2.24, 2.45) is 9.98 Å². The first kappa shape index (κ1) is 26.6. The first-order chi connectivity index (χ1) is 14.3. The van der Waals surface area contributed by atoms with E-state index in [2.05, 4.69) is 22.0 Å². The number of allylic oxidation sites excluding steroid dienone is 10. The van der Waals surface area contributed by atoms with Crippen LogP contribution in [0.3, 0.4) is 0 Å². The van der Waals surface area contributed by atoms with Crippen molar-refractivity contribution in [2.45, 2.75) is 47.0 Å². The van der Waals surface area contributed by atoms with Crippen LogP contribution in [-0.2, 0) is 4.79 Å². The van der Waals surface area contributed by atoms with Crippen LogP contribution in [0.5, 0.6) is 0 Å². The zero-order valence-electron chi connectivity index (χ0n) is 18.9. The number of aliphatic imine (C=N–C) groups is 2. The smallest absolute Gasteiger partial charge is 0.224 e. The summed E-state index contributed by atoms with van der Waals surface area (Å²) in [5.74, 6) is 2.71. The van der Waals surface area contributed by atoms with Crippen LogP contribution in [-0.4, -0.2) is 37.0 Å². The molecular weight excluding hydrogens is 372 g/mol. The Morgan fingerprint density at radius 1 is 1.13 bits per heavy atom. The number of Topliss-reactive ketones (excluding diaryl/α,β-unsaturated/α-hetero) is 1. The lowest BCUT2D eigenvalue weighted by molar-refractivity contribution is -0.112. The Balaban J connectivity index is 6.43. The Bertz CT molecular complexity index is 879. The molecule has 0 radical (unpaired) electrons. The Hall–Kier alpha value is -3.44. The van der Waals surface area contributed by atoms with Crippen LogP contribution in [0.1, 0.15) is 47.0 Å². The highest BCUT2D eigenvalue weighted by atomic mass is 16.1. The molecule has 0 aliphatic carbocycles. The molecule has 0 saturated carbocycles. The predicted octanol–water partition coefficient (Wildman–Crippen LogP) is 5.17. The Morgan fingerprint density at radius 3 is 2.37 bits per heavy atom. The molecule has 0 unspecified atom stereocenters. The molecule has 0 atom stereocenters. The van der Waals surface area contributed by atoms with E-state index in [0.717, 1.165) is 12.8 Å². The monoisotopic (exact) mass is 404 g/mol. The lowest BCUT2D eigenvalue weighted by Crippen LogP contribution is -2.20. The first-order valence-corrected chi connectivity index (χ1v) is 9.90. The van der Waals surface area contributed by atoms with Gasteiger partial charge in [0.15, 0.2) is 5.78 Å². The molecule has 0 N–H and O–H groups in total. The minimum absolute atomic E-state index is 0.153. The van der Waals surface area contributed by atoms with Crippen molar-refractivity contribution in [3.05, 3.63) is 58.9 Å². The van der Waals surface area contributed by atoms with Gasteiger partial charge in [-0.2, -0.15) is 5.26 Å². The highest BCUT2D eigenvalue weighted by Crippen LogP contribution is 2.21. The normalized spacial score (nSPS) is 14.2. The molecule has 0 aliphatic rings. The highest BCUT2D eigenvalue weighted by molar-refractivity contribution is 6.09. The summed E-state index contributed by atoms with van der Waals surface area (Å²) in [6, 6.07) is 2.14. The minimum Gasteiger partial charge on any atom is -0.347 e. The van der Waals surface area contributed by atoms with E-state index in [1.807, 2.05) is 40.1 Å². The largest absolute Gasteiger partial charge is 0.347 e. The van der Waals surface area contributed by atoms with E-state index in [1.165, 1.54) is 6.08 Å². The van der Waals surface area contributed by atoms with Crippen LogP contribution >= 0.6 is 0 Å². The third kappa shape index (κ3) is 10.2. The summed E-state index contributed by atoms with van der Waals surface area (Å²) in [4.78, 5) is 23.9. The number of ketones is 1. The zero-order chi connectivity index (χ0) is 22.9. The van der Waals surface area contributed by atoms with E-state index in [0.29, 0.717) is 28.4 Å². The van der Waals surface area contributed by atoms with Gasteiger partial charge in [0.1, 0.15) is 0 Å². The molecule has 0 aliphatic heterocycles. The molecule has 0 rings (SSSR count). The maximum atomic E-state index is 13.2. The standard InChI is InChI=1S/C25H32N4O/c1-8-11-13-15-20(4)24(30)23(18-22(19-26)16-14-12-9-2)21(5)28-25(29(6)7)27-17-10-3/h2,11-17H,8,10,18H2,1,3-7H3/b13-11-,14-12-,20-15+,22-16+,23-21+,27-17+,28-25+. The molecule has 0 aromatic rings. The molecule has 0 spiro atoms. The Labute approximate surface area is 181 Å². The van der Waals surface area contributed by atoms with E-state index in [-0.39, 0.29) is 12.2 Å². The number of hydrogen-bond acceptors (Lipinski definition) is 3. The van der Waals surface area contributed by atoms with Gasteiger partial charge in [0, 0.05) is 43.6 Å². The maximum Gasteiger partial charge on any atom is 0.224 e. The second-order valence-corrected chi connectivity index (χ2v) is 6.61. The van der Waals surface area contributed by atoms with Crippen molar-refractivity contribution in [1.82, 2.24) is 4.90 Å². The van der Waals surface area contributed by atoms with Gasteiger partial charge >= 0.3 is 0 Å².